The highest BCUT2D eigenvalue weighted by Crippen LogP contribution is 2.49. The number of benzene rings is 1. The van der Waals surface area contributed by atoms with Crippen molar-refractivity contribution in [1.82, 2.24) is 5.32 Å². The maximum Gasteiger partial charge on any atom is 0.216 e. The van der Waals surface area contributed by atoms with E-state index in [1.165, 1.54) is 5.56 Å². The van der Waals surface area contributed by atoms with E-state index in [9.17, 15) is 4.79 Å². The molecule has 120 valence electrons. The van der Waals surface area contributed by atoms with Crippen LogP contribution in [-0.2, 0) is 4.79 Å². The van der Waals surface area contributed by atoms with Gasteiger partial charge in [0, 0.05) is 36.5 Å². The minimum Gasteiger partial charge on any atom is -0.381 e. The Balaban J connectivity index is 1.93. The summed E-state index contributed by atoms with van der Waals surface area (Å²) >= 11 is 0. The van der Waals surface area contributed by atoms with Gasteiger partial charge in [-0.3, -0.25) is 4.79 Å². The van der Waals surface area contributed by atoms with Gasteiger partial charge in [0.05, 0.1) is 6.57 Å². The number of hydrogen-bond acceptors (Lipinski definition) is 2. The molecular formula is C19H23N3O. The van der Waals surface area contributed by atoms with Crippen molar-refractivity contribution < 1.29 is 4.79 Å². The van der Waals surface area contributed by atoms with Gasteiger partial charge in [-0.15, -0.1) is 0 Å². The Bertz CT molecular complexity index is 699. The highest BCUT2D eigenvalue weighted by Gasteiger charge is 2.44. The molecule has 3 atom stereocenters. The van der Waals surface area contributed by atoms with Gasteiger partial charge in [0.25, 0.3) is 0 Å². The lowest BCUT2D eigenvalue weighted by atomic mass is 9.69. The molecule has 1 heterocycles. The van der Waals surface area contributed by atoms with E-state index in [1.54, 1.807) is 6.92 Å². The highest BCUT2D eigenvalue weighted by atomic mass is 16.1. The first-order chi connectivity index (χ1) is 10.9. The Morgan fingerprint density at radius 2 is 2.26 bits per heavy atom. The van der Waals surface area contributed by atoms with Crippen LogP contribution in [0.3, 0.4) is 0 Å². The van der Waals surface area contributed by atoms with Crippen LogP contribution < -0.4 is 10.6 Å². The maximum absolute atomic E-state index is 11.3. The molecule has 4 nitrogen and oxygen atoms in total. The lowest BCUT2D eigenvalue weighted by Gasteiger charge is -2.45. The van der Waals surface area contributed by atoms with E-state index >= 15 is 0 Å². The number of hydrogen-bond donors (Lipinski definition) is 2. The summed E-state index contributed by atoms with van der Waals surface area (Å²) in [6.07, 6.45) is 5.56. The molecule has 1 aromatic carbocycles. The van der Waals surface area contributed by atoms with Gasteiger partial charge >= 0.3 is 0 Å². The zero-order valence-corrected chi connectivity index (χ0v) is 13.9. The van der Waals surface area contributed by atoms with Gasteiger partial charge in [-0.05, 0) is 24.0 Å². The van der Waals surface area contributed by atoms with Crippen molar-refractivity contribution >= 4 is 17.3 Å². The molecule has 2 aliphatic rings. The molecule has 0 spiro atoms. The minimum absolute atomic E-state index is 0.0112. The molecule has 0 aromatic heterocycles. The van der Waals surface area contributed by atoms with Crippen LogP contribution in [0.5, 0.6) is 0 Å². The topological polar surface area (TPSA) is 45.5 Å². The van der Waals surface area contributed by atoms with Crippen LogP contribution in [0.1, 0.15) is 38.7 Å². The number of carbonyl (C=O) groups excluding carboxylic acids is 1. The van der Waals surface area contributed by atoms with Crippen LogP contribution in [-0.4, -0.2) is 18.5 Å². The number of rotatable bonds is 3. The fraction of sp³-hybridized carbons (Fsp3) is 0.474. The molecule has 4 heteroatoms. The Kier molecular flexibility index (Phi) is 3.89. The highest BCUT2D eigenvalue weighted by molar-refractivity contribution is 5.73. The Labute approximate surface area is 137 Å². The van der Waals surface area contributed by atoms with Crippen LogP contribution in [0.4, 0.5) is 11.4 Å². The second-order valence-corrected chi connectivity index (χ2v) is 7.26. The second kappa shape index (κ2) is 5.73. The van der Waals surface area contributed by atoms with E-state index in [1.807, 2.05) is 18.2 Å². The van der Waals surface area contributed by atoms with Gasteiger partial charge in [0.15, 0.2) is 5.69 Å². The largest absolute Gasteiger partial charge is 0.381 e. The van der Waals surface area contributed by atoms with Crippen molar-refractivity contribution in [3.05, 3.63) is 47.3 Å². The van der Waals surface area contributed by atoms with Crippen LogP contribution in [0, 0.1) is 17.9 Å². The van der Waals surface area contributed by atoms with Crippen LogP contribution in [0.25, 0.3) is 4.85 Å². The average Bonchev–Trinajstić information content (AvgIpc) is 3.01. The molecule has 3 rings (SSSR count). The summed E-state index contributed by atoms with van der Waals surface area (Å²) in [6.45, 7) is 13.8. The summed E-state index contributed by atoms with van der Waals surface area (Å²) in [5.41, 5.74) is 2.98. The second-order valence-electron chi connectivity index (χ2n) is 7.26. The van der Waals surface area contributed by atoms with Gasteiger partial charge < -0.3 is 10.6 Å². The van der Waals surface area contributed by atoms with E-state index in [-0.39, 0.29) is 17.4 Å². The summed E-state index contributed by atoms with van der Waals surface area (Å²) in [5, 5.41) is 6.66. The zero-order valence-electron chi connectivity index (χ0n) is 13.9. The molecule has 1 amide bonds. The van der Waals surface area contributed by atoms with Crippen molar-refractivity contribution in [2.75, 3.05) is 11.9 Å². The standard InChI is InChI=1S/C19H23N3O/c1-12(23)21-11-19(2,3)18-15-7-5-6-14(15)16-10-13(20-4)8-9-17(16)22-18/h5-6,8-10,14-15,18,22H,7,11H2,1-3H3,(H,21,23)/t14?,15-,18+/m1/s1. The average molecular weight is 309 g/mol. The molecule has 1 aliphatic heterocycles. The number of nitrogens with zero attached hydrogens (tertiary/aromatic N) is 1. The first-order valence-electron chi connectivity index (χ1n) is 8.11. The molecule has 0 saturated carbocycles. The summed E-state index contributed by atoms with van der Waals surface area (Å²) in [6, 6.07) is 6.18. The van der Waals surface area contributed by atoms with E-state index in [0.29, 0.717) is 24.1 Å². The van der Waals surface area contributed by atoms with Gasteiger partial charge in [0.2, 0.25) is 5.91 Å². The van der Waals surface area contributed by atoms with Crippen LogP contribution in [0.2, 0.25) is 0 Å². The first kappa shape index (κ1) is 15.6. The van der Waals surface area contributed by atoms with E-state index in [2.05, 4.69) is 41.5 Å². The van der Waals surface area contributed by atoms with Crippen molar-refractivity contribution in [3.63, 3.8) is 0 Å². The SMILES string of the molecule is [C-]#[N+]c1ccc2c(c1)C1C=CC[C@H]1[C@@H](C(C)(C)CNC(C)=O)N2. The summed E-state index contributed by atoms with van der Waals surface area (Å²) < 4.78 is 0. The summed E-state index contributed by atoms with van der Waals surface area (Å²) in [7, 11) is 0. The maximum atomic E-state index is 11.3. The fourth-order valence-electron chi connectivity index (χ4n) is 3.89. The number of allylic oxidation sites excluding steroid dienone is 2. The van der Waals surface area contributed by atoms with Gasteiger partial charge in [0.1, 0.15) is 0 Å². The quantitative estimate of drug-likeness (QED) is 0.658. The molecule has 0 fully saturated rings. The van der Waals surface area contributed by atoms with Crippen LogP contribution >= 0.6 is 0 Å². The first-order valence-corrected chi connectivity index (χ1v) is 8.11. The van der Waals surface area contributed by atoms with E-state index < -0.39 is 0 Å². The van der Waals surface area contributed by atoms with Crippen molar-refractivity contribution in [2.45, 2.75) is 39.2 Å². The molecule has 1 unspecified atom stereocenters. The van der Waals surface area contributed by atoms with Gasteiger partial charge in [-0.2, -0.15) is 0 Å². The molecule has 2 N–H and O–H groups in total. The number of carbonyl (C=O) groups is 1. The smallest absolute Gasteiger partial charge is 0.216 e. The minimum atomic E-state index is -0.0588. The predicted molar refractivity (Wildman–Crippen MR) is 92.6 cm³/mol. The lowest BCUT2D eigenvalue weighted by molar-refractivity contribution is -0.119. The zero-order chi connectivity index (χ0) is 16.6. The fourth-order valence-corrected chi connectivity index (χ4v) is 3.89. The van der Waals surface area contributed by atoms with Crippen molar-refractivity contribution in [2.24, 2.45) is 11.3 Å². The Morgan fingerprint density at radius 1 is 1.48 bits per heavy atom. The molecular weight excluding hydrogens is 286 g/mol. The number of amides is 1. The molecule has 1 aliphatic carbocycles. The monoisotopic (exact) mass is 309 g/mol. The predicted octanol–water partition coefficient (Wildman–Crippen LogP) is 3.85. The summed E-state index contributed by atoms with van der Waals surface area (Å²) in [5.74, 6) is 0.832. The van der Waals surface area contributed by atoms with Crippen LogP contribution in [0.15, 0.2) is 30.4 Å². The third kappa shape index (κ3) is 2.84. The molecule has 0 bridgehead atoms. The van der Waals surface area contributed by atoms with Crippen molar-refractivity contribution in [1.29, 1.82) is 0 Å². The van der Waals surface area contributed by atoms with E-state index in [0.717, 1.165) is 12.1 Å². The van der Waals surface area contributed by atoms with Crippen molar-refractivity contribution in [3.8, 4) is 0 Å². The Hall–Kier alpha value is -2.28. The molecule has 1 aromatic rings. The number of fused-ring (bicyclic) bond motifs is 3. The van der Waals surface area contributed by atoms with E-state index in [4.69, 9.17) is 6.57 Å². The Morgan fingerprint density at radius 3 is 2.96 bits per heavy atom. The number of nitrogens with one attached hydrogen (secondary N) is 2. The van der Waals surface area contributed by atoms with Gasteiger partial charge in [-0.1, -0.05) is 38.1 Å². The third-order valence-electron chi connectivity index (χ3n) is 5.11. The molecule has 23 heavy (non-hydrogen) atoms. The lowest BCUT2D eigenvalue weighted by Crippen LogP contribution is -2.50. The molecule has 0 radical (unpaired) electrons. The summed E-state index contributed by atoms with van der Waals surface area (Å²) in [4.78, 5) is 14.9. The number of anilines is 1. The third-order valence-corrected chi connectivity index (χ3v) is 5.11. The van der Waals surface area contributed by atoms with Gasteiger partial charge in [-0.25, -0.2) is 4.85 Å². The molecule has 0 saturated heterocycles. The normalized spacial score (nSPS) is 25.0.